The van der Waals surface area contributed by atoms with Gasteiger partial charge in [-0.1, -0.05) is 54.6 Å². The maximum atomic E-state index is 14.3. The fourth-order valence-corrected chi connectivity index (χ4v) is 6.98. The van der Waals surface area contributed by atoms with Crippen LogP contribution in [0, 0.1) is 0 Å². The minimum atomic E-state index is -2.08. The van der Waals surface area contributed by atoms with Gasteiger partial charge in [0, 0.05) is 11.3 Å². The molecule has 0 saturated carbocycles. The van der Waals surface area contributed by atoms with Gasteiger partial charge in [-0.05, 0) is 48.4 Å². The molecule has 4 aromatic rings. The van der Waals surface area contributed by atoms with E-state index in [-0.39, 0.29) is 36.0 Å². The Labute approximate surface area is 261 Å². The molecule has 0 saturated heterocycles. The Balaban J connectivity index is 1.37. The number of nitrogens with zero attached hydrogens (tertiary/aromatic N) is 1. The van der Waals surface area contributed by atoms with Gasteiger partial charge in [0.1, 0.15) is 22.7 Å². The number of H-pyrrole nitrogens is 1. The second-order valence-electron chi connectivity index (χ2n) is 11.6. The van der Waals surface area contributed by atoms with E-state index < -0.39 is 80.0 Å². The lowest BCUT2D eigenvalue weighted by atomic mass is 9.76. The lowest BCUT2D eigenvalue weighted by molar-refractivity contribution is 0.0790. The van der Waals surface area contributed by atoms with Gasteiger partial charge in [-0.3, -0.25) is 29.0 Å². The number of fused-ring (bicyclic) bond motifs is 5. The van der Waals surface area contributed by atoms with E-state index in [2.05, 4.69) is 9.98 Å². The summed E-state index contributed by atoms with van der Waals surface area (Å²) < 4.78 is 0. The molecule has 0 bridgehead atoms. The summed E-state index contributed by atoms with van der Waals surface area (Å²) >= 11 is 0. The molecule has 1 atom stereocenters. The summed E-state index contributed by atoms with van der Waals surface area (Å²) in [5.74, 6) is -5.78. The van der Waals surface area contributed by atoms with Crippen molar-refractivity contribution in [2.75, 3.05) is 0 Å². The lowest BCUT2D eigenvalue weighted by Gasteiger charge is -2.22. The molecule has 0 aliphatic heterocycles. The van der Waals surface area contributed by atoms with Gasteiger partial charge in [-0.2, -0.15) is 0 Å². The van der Waals surface area contributed by atoms with Crippen molar-refractivity contribution in [3.05, 3.63) is 116 Å². The summed E-state index contributed by atoms with van der Waals surface area (Å²) in [5, 5.41) is 34.5. The highest BCUT2D eigenvalue weighted by Crippen LogP contribution is 2.57. The average molecular weight is 615 g/mol. The summed E-state index contributed by atoms with van der Waals surface area (Å²) in [5.41, 5.74) is -3.60. The number of aromatic nitrogens is 1. The van der Waals surface area contributed by atoms with Gasteiger partial charge in [0.05, 0.1) is 46.3 Å². The highest BCUT2D eigenvalue weighted by Gasteiger charge is 2.61. The summed E-state index contributed by atoms with van der Waals surface area (Å²) in [4.78, 5) is 75.5. The monoisotopic (exact) mass is 614 g/mol. The Bertz CT molecular complexity index is 2240. The van der Waals surface area contributed by atoms with Gasteiger partial charge in [0.15, 0.2) is 17.3 Å². The Morgan fingerprint density at radius 1 is 0.870 bits per heavy atom. The largest absolute Gasteiger partial charge is 0.507 e. The standard InChI is InChI=1S/C36H26N2O8/c1-2-3-5-10-20-14-19-13-18-11-12-36(28(18)32(43)23(19)35(46)38-20)33(44)26-27(34(36)45)31(42)25-24(30(26)41)22(39)15-21(29(25)40)37-16-17-8-6-4-7-9-17/h2-10,13-14,41-43H,11-12,15-16H2,1H3,(H,38,46)/t36-/m0/s1. The molecule has 0 fully saturated rings. The third-order valence-corrected chi connectivity index (χ3v) is 9.05. The van der Waals surface area contributed by atoms with Gasteiger partial charge in [-0.25, -0.2) is 0 Å². The van der Waals surface area contributed by atoms with Gasteiger partial charge in [0.25, 0.3) is 5.56 Å². The first-order valence-corrected chi connectivity index (χ1v) is 14.7. The van der Waals surface area contributed by atoms with E-state index in [9.17, 15) is 39.3 Å². The first kappa shape index (κ1) is 28.8. The minimum absolute atomic E-state index is 0.0828. The number of aliphatic imine (C=N–C) groups is 1. The highest BCUT2D eigenvalue weighted by atomic mass is 16.3. The Hall–Kier alpha value is -5.90. The molecule has 7 rings (SSSR count). The zero-order valence-electron chi connectivity index (χ0n) is 24.5. The van der Waals surface area contributed by atoms with E-state index >= 15 is 0 Å². The van der Waals surface area contributed by atoms with E-state index in [0.717, 1.165) is 5.56 Å². The summed E-state index contributed by atoms with van der Waals surface area (Å²) in [7, 11) is 0. The van der Waals surface area contributed by atoms with Crippen molar-refractivity contribution in [3.8, 4) is 17.2 Å². The number of hydrogen-bond acceptors (Lipinski definition) is 9. The summed E-state index contributed by atoms with van der Waals surface area (Å²) in [6.45, 7) is 1.93. The molecule has 46 heavy (non-hydrogen) atoms. The molecule has 228 valence electrons. The van der Waals surface area contributed by atoms with Crippen LogP contribution >= 0.6 is 0 Å². The number of phenolic OH excluding ortho intramolecular Hbond substituents is 3. The molecule has 10 nitrogen and oxygen atoms in total. The molecular weight excluding hydrogens is 588 g/mol. The number of phenols is 3. The Morgan fingerprint density at radius 3 is 2.26 bits per heavy atom. The van der Waals surface area contributed by atoms with Crippen molar-refractivity contribution in [1.82, 2.24) is 4.98 Å². The van der Waals surface area contributed by atoms with E-state index in [1.54, 1.807) is 54.6 Å². The number of benzene rings is 3. The third kappa shape index (κ3) is 3.89. The maximum absolute atomic E-state index is 14.3. The summed E-state index contributed by atoms with van der Waals surface area (Å²) in [6, 6.07) is 12.3. The number of carbonyl (C=O) groups is 4. The van der Waals surface area contributed by atoms with Crippen molar-refractivity contribution in [2.24, 2.45) is 4.99 Å². The quantitative estimate of drug-likeness (QED) is 0.143. The van der Waals surface area contributed by atoms with Gasteiger partial charge in [-0.15, -0.1) is 0 Å². The van der Waals surface area contributed by atoms with Crippen LogP contribution in [0.3, 0.4) is 0 Å². The number of pyridine rings is 1. The van der Waals surface area contributed by atoms with Crippen LogP contribution in [0.4, 0.5) is 0 Å². The Kier molecular flexibility index (Phi) is 6.48. The first-order valence-electron chi connectivity index (χ1n) is 14.7. The highest BCUT2D eigenvalue weighted by molar-refractivity contribution is 6.54. The molecule has 0 radical (unpaired) electrons. The predicted octanol–water partition coefficient (Wildman–Crippen LogP) is 4.91. The van der Waals surface area contributed by atoms with Crippen LogP contribution in [-0.4, -0.2) is 49.1 Å². The number of aromatic amines is 1. The molecule has 1 spiro atoms. The number of nitrogens with one attached hydrogen (secondary N) is 1. The molecule has 3 aliphatic carbocycles. The molecule has 1 aromatic heterocycles. The number of aryl methyl sites for hydroxylation is 1. The molecule has 4 N–H and O–H groups in total. The van der Waals surface area contributed by atoms with Crippen LogP contribution in [-0.2, 0) is 18.4 Å². The molecule has 3 aromatic carbocycles. The van der Waals surface area contributed by atoms with Crippen molar-refractivity contribution in [2.45, 2.75) is 38.1 Å². The van der Waals surface area contributed by atoms with E-state index in [4.69, 9.17) is 0 Å². The van der Waals surface area contributed by atoms with E-state index in [1.807, 2.05) is 19.1 Å². The number of ketones is 4. The molecule has 3 aliphatic rings. The average Bonchev–Trinajstić information content (AvgIpc) is 3.53. The number of allylic oxidation sites excluding steroid dienone is 3. The normalized spacial score (nSPS) is 19.7. The van der Waals surface area contributed by atoms with Crippen LogP contribution in [0.15, 0.2) is 70.5 Å². The Morgan fingerprint density at radius 2 is 1.57 bits per heavy atom. The molecule has 10 heteroatoms. The lowest BCUT2D eigenvalue weighted by Crippen LogP contribution is -2.36. The topological polar surface area (TPSA) is 174 Å². The number of carbonyl (C=O) groups excluding carboxylic acids is 4. The van der Waals surface area contributed by atoms with Crippen molar-refractivity contribution >= 4 is 45.7 Å². The second kappa shape index (κ2) is 10.3. The van der Waals surface area contributed by atoms with Crippen LogP contribution in [0.5, 0.6) is 17.2 Å². The fraction of sp³-hybridized carbons (Fsp3) is 0.167. The number of hydrogen-bond donors (Lipinski definition) is 4. The van der Waals surface area contributed by atoms with E-state index in [1.165, 1.54) is 0 Å². The molecule has 1 heterocycles. The van der Waals surface area contributed by atoms with Crippen LogP contribution in [0.25, 0.3) is 16.8 Å². The fourth-order valence-electron chi connectivity index (χ4n) is 6.98. The third-order valence-electron chi connectivity index (χ3n) is 9.05. The van der Waals surface area contributed by atoms with Gasteiger partial charge in [0.2, 0.25) is 5.78 Å². The second-order valence-corrected chi connectivity index (χ2v) is 11.6. The van der Waals surface area contributed by atoms with Crippen molar-refractivity contribution in [1.29, 1.82) is 0 Å². The van der Waals surface area contributed by atoms with Crippen molar-refractivity contribution < 1.29 is 34.5 Å². The van der Waals surface area contributed by atoms with E-state index in [0.29, 0.717) is 16.6 Å². The smallest absolute Gasteiger partial charge is 0.260 e. The van der Waals surface area contributed by atoms with Gasteiger partial charge >= 0.3 is 0 Å². The first-order chi connectivity index (χ1) is 22.1. The van der Waals surface area contributed by atoms with Crippen LogP contribution in [0.1, 0.15) is 83.6 Å². The SMILES string of the molecule is CC=CC=Cc1cc2cc3c(c(O)c2c(=O)[nH]1)[C@@]1(CC3)C(=O)c2c(O)c3c(c(O)c2C1=O)C(=O)C(=NCc1ccccc1)CC3=O. The number of rotatable bonds is 4. The predicted molar refractivity (Wildman–Crippen MR) is 169 cm³/mol. The van der Waals surface area contributed by atoms with Crippen LogP contribution in [0.2, 0.25) is 0 Å². The number of Topliss-reactive ketones (excluding diaryl/α,β-unsaturated/α-hetero) is 4. The molecular formula is C36H26N2O8. The molecule has 0 amide bonds. The van der Waals surface area contributed by atoms with Crippen molar-refractivity contribution in [3.63, 3.8) is 0 Å². The maximum Gasteiger partial charge on any atom is 0.260 e. The zero-order chi connectivity index (χ0) is 32.5. The number of aromatic hydroxyl groups is 3. The summed E-state index contributed by atoms with van der Waals surface area (Å²) in [6.07, 6.45) is 6.58. The van der Waals surface area contributed by atoms with Crippen LogP contribution < -0.4 is 5.56 Å². The van der Waals surface area contributed by atoms with Gasteiger partial charge < -0.3 is 20.3 Å². The minimum Gasteiger partial charge on any atom is -0.507 e. The zero-order valence-corrected chi connectivity index (χ0v) is 24.5. The molecule has 0 unspecified atom stereocenters.